The largest absolute Gasteiger partial charge is 0.385 e. The smallest absolute Gasteiger partial charge is 0.297 e. The summed E-state index contributed by atoms with van der Waals surface area (Å²) in [5.74, 6) is -0.837. The summed E-state index contributed by atoms with van der Waals surface area (Å²) >= 11 is 0. The Balaban J connectivity index is 1.55. The zero-order valence-electron chi connectivity index (χ0n) is 13.5. The van der Waals surface area contributed by atoms with Gasteiger partial charge in [0.2, 0.25) is 12.6 Å². The molecule has 2 saturated heterocycles. The van der Waals surface area contributed by atoms with Crippen molar-refractivity contribution in [3.05, 3.63) is 29.8 Å². The summed E-state index contributed by atoms with van der Waals surface area (Å²) in [4.78, 5) is 0.0128. The maximum Gasteiger partial charge on any atom is 0.297 e. The number of benzene rings is 1. The number of aryl methyl sites for hydroxylation is 1. The first-order valence-electron chi connectivity index (χ1n) is 7.47. The maximum atomic E-state index is 12.1. The molecule has 4 atom stereocenters. The van der Waals surface area contributed by atoms with Gasteiger partial charge in [-0.1, -0.05) is 17.7 Å². The quantitative estimate of drug-likeness (QED) is 0.772. The number of hydrogen-bond acceptors (Lipinski definition) is 8. The summed E-state index contributed by atoms with van der Waals surface area (Å²) in [7, 11) is -3.97. The highest BCUT2D eigenvalue weighted by Gasteiger charge is 2.51. The molecule has 134 valence electrons. The van der Waals surface area contributed by atoms with Crippen LogP contribution >= 0.6 is 0 Å². The average Bonchev–Trinajstić information content (AvgIpc) is 2.99. The van der Waals surface area contributed by atoms with Crippen LogP contribution in [-0.4, -0.2) is 50.9 Å². The summed E-state index contributed by atoms with van der Waals surface area (Å²) in [6.45, 7) is 4.75. The van der Waals surface area contributed by atoms with E-state index in [1.165, 1.54) is 12.1 Å². The monoisotopic (exact) mass is 360 g/mol. The zero-order chi connectivity index (χ0) is 17.5. The molecule has 9 heteroatoms. The van der Waals surface area contributed by atoms with E-state index < -0.39 is 47.5 Å². The van der Waals surface area contributed by atoms with Gasteiger partial charge >= 0.3 is 0 Å². The van der Waals surface area contributed by atoms with Gasteiger partial charge < -0.3 is 24.1 Å². The van der Waals surface area contributed by atoms with Crippen molar-refractivity contribution < 1.29 is 36.7 Å². The van der Waals surface area contributed by atoms with Gasteiger partial charge in [-0.25, -0.2) is 0 Å². The Bertz CT molecular complexity index is 668. The Morgan fingerprint density at radius 1 is 1.17 bits per heavy atom. The fourth-order valence-corrected chi connectivity index (χ4v) is 3.29. The van der Waals surface area contributed by atoms with Crippen molar-refractivity contribution >= 4 is 10.1 Å². The molecule has 0 amide bonds. The molecule has 0 saturated carbocycles. The first-order chi connectivity index (χ1) is 11.2. The van der Waals surface area contributed by atoms with Crippen LogP contribution in [0.3, 0.4) is 0 Å². The number of fused-ring (bicyclic) bond motifs is 1. The molecule has 0 bridgehead atoms. The third-order valence-corrected chi connectivity index (χ3v) is 4.87. The number of hydrogen-bond donors (Lipinski definition) is 1. The van der Waals surface area contributed by atoms with Crippen molar-refractivity contribution in [3.63, 3.8) is 0 Å². The van der Waals surface area contributed by atoms with Gasteiger partial charge in [0.05, 0.1) is 11.5 Å². The summed E-state index contributed by atoms with van der Waals surface area (Å²) in [6, 6.07) is 6.20. The van der Waals surface area contributed by atoms with E-state index in [1.807, 2.05) is 6.92 Å². The summed E-state index contributed by atoms with van der Waals surface area (Å²) in [6.07, 6.45) is -3.95. The van der Waals surface area contributed by atoms with Crippen molar-refractivity contribution in [3.8, 4) is 0 Å². The number of aliphatic hydroxyl groups excluding tert-OH is 1. The predicted molar refractivity (Wildman–Crippen MR) is 80.1 cm³/mol. The third kappa shape index (κ3) is 3.77. The molecule has 0 spiro atoms. The van der Waals surface area contributed by atoms with Crippen molar-refractivity contribution in [2.24, 2.45) is 0 Å². The number of ether oxygens (including phenoxy) is 4. The molecule has 2 fully saturated rings. The lowest BCUT2D eigenvalue weighted by molar-refractivity contribution is -0.270. The molecule has 1 aromatic rings. The molecule has 0 radical (unpaired) electrons. The molecular formula is C15H20O8S. The van der Waals surface area contributed by atoms with E-state index in [4.69, 9.17) is 23.1 Å². The molecule has 2 aliphatic rings. The molecule has 0 aromatic heterocycles. The Morgan fingerprint density at radius 2 is 1.71 bits per heavy atom. The van der Waals surface area contributed by atoms with Crippen LogP contribution in [0.5, 0.6) is 0 Å². The van der Waals surface area contributed by atoms with Crippen LogP contribution < -0.4 is 0 Å². The second kappa shape index (κ2) is 6.34. The minimum Gasteiger partial charge on any atom is -0.385 e. The minimum absolute atomic E-state index is 0.0128. The first kappa shape index (κ1) is 17.7. The van der Waals surface area contributed by atoms with E-state index in [2.05, 4.69) is 0 Å². The van der Waals surface area contributed by atoms with E-state index >= 15 is 0 Å². The molecule has 8 nitrogen and oxygen atoms in total. The molecule has 2 aliphatic heterocycles. The van der Waals surface area contributed by atoms with Crippen LogP contribution in [0.1, 0.15) is 19.4 Å². The molecule has 1 unspecified atom stereocenters. The average molecular weight is 360 g/mol. The van der Waals surface area contributed by atoms with Gasteiger partial charge in [0.15, 0.2) is 12.1 Å². The third-order valence-electron chi connectivity index (χ3n) is 3.58. The minimum atomic E-state index is -3.97. The van der Waals surface area contributed by atoms with Crippen LogP contribution in [0, 0.1) is 6.92 Å². The van der Waals surface area contributed by atoms with E-state index in [0.29, 0.717) is 0 Å². The van der Waals surface area contributed by atoms with E-state index in [1.54, 1.807) is 26.0 Å². The van der Waals surface area contributed by atoms with Gasteiger partial charge in [-0.3, -0.25) is 4.18 Å². The van der Waals surface area contributed by atoms with E-state index in [9.17, 15) is 13.5 Å². The second-order valence-electron chi connectivity index (χ2n) is 6.13. The van der Waals surface area contributed by atoms with Crippen LogP contribution in [0.15, 0.2) is 29.2 Å². The Labute approximate surface area is 140 Å². The highest BCUT2D eigenvalue weighted by atomic mass is 32.2. The highest BCUT2D eigenvalue weighted by molar-refractivity contribution is 7.86. The zero-order valence-corrected chi connectivity index (χ0v) is 14.4. The van der Waals surface area contributed by atoms with Crippen molar-refractivity contribution in [2.75, 3.05) is 6.61 Å². The predicted octanol–water partition coefficient (Wildman–Crippen LogP) is 0.869. The molecule has 2 heterocycles. The molecular weight excluding hydrogens is 340 g/mol. The van der Waals surface area contributed by atoms with Crippen molar-refractivity contribution in [1.29, 1.82) is 0 Å². The first-order valence-corrected chi connectivity index (χ1v) is 8.88. The summed E-state index contributed by atoms with van der Waals surface area (Å²) in [5, 5.41) is 10.0. The van der Waals surface area contributed by atoms with Crippen molar-refractivity contribution in [2.45, 2.75) is 56.4 Å². The molecule has 0 aliphatic carbocycles. The lowest BCUT2D eigenvalue weighted by Crippen LogP contribution is -2.35. The van der Waals surface area contributed by atoms with Crippen molar-refractivity contribution in [1.82, 2.24) is 0 Å². The SMILES string of the molecule is Cc1ccc(S(=O)(=O)OC[C@H](O)C2O[C@@H]3OC(C)(C)O[C@@H]3O2)cc1. The summed E-state index contributed by atoms with van der Waals surface area (Å²) < 4.78 is 50.7. The second-order valence-corrected chi connectivity index (χ2v) is 7.75. The van der Waals surface area contributed by atoms with Crippen LogP contribution in [-0.2, 0) is 33.2 Å². The van der Waals surface area contributed by atoms with Crippen LogP contribution in [0.25, 0.3) is 0 Å². The van der Waals surface area contributed by atoms with Gasteiger partial charge in [-0.15, -0.1) is 0 Å². The number of rotatable bonds is 5. The lowest BCUT2D eigenvalue weighted by atomic mass is 10.2. The van der Waals surface area contributed by atoms with E-state index in [0.717, 1.165) is 5.56 Å². The lowest BCUT2D eigenvalue weighted by Gasteiger charge is -2.22. The molecule has 1 N–H and O–H groups in total. The van der Waals surface area contributed by atoms with Crippen LogP contribution in [0.2, 0.25) is 0 Å². The molecule has 3 rings (SSSR count). The fourth-order valence-electron chi connectivity index (χ4n) is 2.37. The Kier molecular flexibility index (Phi) is 4.69. The van der Waals surface area contributed by atoms with Gasteiger partial charge in [0.1, 0.15) is 6.10 Å². The van der Waals surface area contributed by atoms with Gasteiger partial charge in [-0.05, 0) is 32.9 Å². The molecule has 24 heavy (non-hydrogen) atoms. The maximum absolute atomic E-state index is 12.1. The fraction of sp³-hybridized carbons (Fsp3) is 0.600. The molecule has 1 aromatic carbocycles. The number of aliphatic hydroxyl groups is 1. The Hall–Kier alpha value is -1.07. The van der Waals surface area contributed by atoms with Gasteiger partial charge in [0.25, 0.3) is 10.1 Å². The van der Waals surface area contributed by atoms with Gasteiger partial charge in [0, 0.05) is 0 Å². The highest BCUT2D eigenvalue weighted by Crippen LogP contribution is 2.36. The summed E-state index contributed by atoms with van der Waals surface area (Å²) in [5.41, 5.74) is 0.927. The normalized spacial score (nSPS) is 30.2. The van der Waals surface area contributed by atoms with E-state index in [-0.39, 0.29) is 4.90 Å². The Morgan fingerprint density at radius 3 is 2.25 bits per heavy atom. The van der Waals surface area contributed by atoms with Gasteiger partial charge in [-0.2, -0.15) is 8.42 Å². The topological polar surface area (TPSA) is 101 Å². The van der Waals surface area contributed by atoms with Crippen LogP contribution in [0.4, 0.5) is 0 Å². The standard InChI is InChI=1S/C15H20O8S/c1-9-4-6-10(7-5-9)24(17,18)19-8-11(16)12-20-13-14(21-12)23-15(2,3)22-13/h4-7,11-14,16H,8H2,1-3H3/t11-,12?,13-,14+/m0/s1.